The quantitative estimate of drug-likeness (QED) is 0.386. The Morgan fingerprint density at radius 2 is 2.03 bits per heavy atom. The first-order chi connectivity index (χ1) is 15.9. The Labute approximate surface area is 189 Å². The molecule has 11 nitrogen and oxygen atoms in total. The van der Waals surface area contributed by atoms with Crippen molar-refractivity contribution in [2.75, 3.05) is 12.1 Å². The number of anilines is 2. The number of nitrogens with two attached hydrogens (primary N) is 2. The van der Waals surface area contributed by atoms with E-state index in [1.807, 2.05) is 6.92 Å². The molecule has 0 saturated heterocycles. The molecule has 0 unspecified atom stereocenters. The minimum atomic E-state index is -0.679. The summed E-state index contributed by atoms with van der Waals surface area (Å²) in [6.07, 6.45) is 8.62. The zero-order valence-electron chi connectivity index (χ0n) is 18.3. The maximum Gasteiger partial charge on any atom is 0.250 e. The Kier molecular flexibility index (Phi) is 6.47. The standard InChI is InChI=1S/C21H26FN9O2/c1-12(23)15(9-13-3-4-13)29-30(17-6-5-14(10-25-17)20(24)32)16-11-26-21(33-2)19(18(16)22)31-27-7-8-28-31/h5-8,10-13,15,29H,3-4,9,23H2,1-2H3,(H2,24,32)/t12-,15+/m0/s1. The number of hydrogen-bond acceptors (Lipinski definition) is 9. The number of amides is 1. The smallest absolute Gasteiger partial charge is 0.250 e. The van der Waals surface area contributed by atoms with E-state index in [1.165, 1.54) is 43.0 Å². The van der Waals surface area contributed by atoms with Gasteiger partial charge in [-0.25, -0.2) is 19.8 Å². The summed E-state index contributed by atoms with van der Waals surface area (Å²) in [7, 11) is 1.39. The lowest BCUT2D eigenvalue weighted by Crippen LogP contribution is -2.51. The number of carbonyl (C=O) groups is 1. The minimum Gasteiger partial charge on any atom is -0.479 e. The molecule has 3 aromatic rings. The number of nitrogens with zero attached hydrogens (tertiary/aromatic N) is 6. The van der Waals surface area contributed by atoms with Gasteiger partial charge in [-0.2, -0.15) is 10.2 Å². The molecule has 3 aromatic heterocycles. The van der Waals surface area contributed by atoms with Gasteiger partial charge in [-0.1, -0.05) is 12.8 Å². The van der Waals surface area contributed by atoms with E-state index in [-0.39, 0.29) is 34.9 Å². The molecule has 1 saturated carbocycles. The van der Waals surface area contributed by atoms with Crippen LogP contribution in [0.25, 0.3) is 5.69 Å². The largest absolute Gasteiger partial charge is 0.479 e. The number of aromatic nitrogens is 5. The summed E-state index contributed by atoms with van der Waals surface area (Å²) in [4.78, 5) is 21.2. The van der Waals surface area contributed by atoms with Gasteiger partial charge in [-0.15, -0.1) is 4.80 Å². The topological polar surface area (TPSA) is 150 Å². The van der Waals surface area contributed by atoms with Crippen LogP contribution in [-0.2, 0) is 0 Å². The lowest BCUT2D eigenvalue weighted by Gasteiger charge is -2.32. The molecule has 4 rings (SSSR count). The van der Waals surface area contributed by atoms with E-state index in [1.54, 1.807) is 6.07 Å². The number of rotatable bonds is 10. The van der Waals surface area contributed by atoms with Crippen molar-refractivity contribution < 1.29 is 13.9 Å². The van der Waals surface area contributed by atoms with Crippen LogP contribution in [0.5, 0.6) is 5.88 Å². The first kappa shape index (κ1) is 22.6. The van der Waals surface area contributed by atoms with Gasteiger partial charge >= 0.3 is 0 Å². The molecule has 1 aliphatic rings. The average molecular weight is 455 g/mol. The highest BCUT2D eigenvalue weighted by Gasteiger charge is 2.31. The van der Waals surface area contributed by atoms with Crippen LogP contribution in [0.1, 0.15) is 36.5 Å². The molecule has 1 fully saturated rings. The van der Waals surface area contributed by atoms with Gasteiger partial charge in [0.1, 0.15) is 11.5 Å². The number of hydrogen-bond donors (Lipinski definition) is 3. The van der Waals surface area contributed by atoms with Gasteiger partial charge in [0.2, 0.25) is 11.8 Å². The Balaban J connectivity index is 1.80. The van der Waals surface area contributed by atoms with E-state index in [2.05, 4.69) is 25.6 Å². The molecule has 2 atom stereocenters. The second-order valence-electron chi connectivity index (χ2n) is 8.01. The first-order valence-corrected chi connectivity index (χ1v) is 10.6. The lowest BCUT2D eigenvalue weighted by atomic mass is 10.0. The fraction of sp³-hybridized carbons (Fsp3) is 0.381. The van der Waals surface area contributed by atoms with E-state index in [4.69, 9.17) is 16.2 Å². The van der Waals surface area contributed by atoms with Crippen molar-refractivity contribution in [1.29, 1.82) is 0 Å². The van der Waals surface area contributed by atoms with Gasteiger partial charge in [0, 0.05) is 18.3 Å². The molecular weight excluding hydrogens is 429 g/mol. The van der Waals surface area contributed by atoms with Crippen molar-refractivity contribution in [2.24, 2.45) is 17.4 Å². The number of halogens is 1. The Bertz CT molecular complexity index is 1100. The van der Waals surface area contributed by atoms with Gasteiger partial charge in [0.25, 0.3) is 0 Å². The molecule has 3 heterocycles. The van der Waals surface area contributed by atoms with Gasteiger partial charge in [-0.05, 0) is 31.4 Å². The van der Waals surface area contributed by atoms with Gasteiger partial charge in [-0.3, -0.25) is 9.80 Å². The molecule has 33 heavy (non-hydrogen) atoms. The van der Waals surface area contributed by atoms with Crippen LogP contribution in [-0.4, -0.2) is 50.1 Å². The Hall–Kier alpha value is -3.64. The lowest BCUT2D eigenvalue weighted by molar-refractivity contribution is 0.1000. The predicted molar refractivity (Wildman–Crippen MR) is 118 cm³/mol. The molecule has 1 aliphatic carbocycles. The highest BCUT2D eigenvalue weighted by atomic mass is 19.1. The van der Waals surface area contributed by atoms with Gasteiger partial charge in [0.15, 0.2) is 11.5 Å². The third-order valence-corrected chi connectivity index (χ3v) is 5.47. The summed E-state index contributed by atoms with van der Waals surface area (Å²) >= 11 is 0. The van der Waals surface area contributed by atoms with Crippen LogP contribution in [0.2, 0.25) is 0 Å². The van der Waals surface area contributed by atoms with Crippen molar-refractivity contribution in [3.05, 3.63) is 48.3 Å². The van der Waals surface area contributed by atoms with Crippen LogP contribution in [0.4, 0.5) is 15.9 Å². The predicted octanol–water partition coefficient (Wildman–Crippen LogP) is 1.46. The summed E-state index contributed by atoms with van der Waals surface area (Å²) in [6.45, 7) is 1.89. The molecule has 0 spiro atoms. The molecule has 0 aliphatic heterocycles. The average Bonchev–Trinajstić information content (AvgIpc) is 3.46. The second kappa shape index (κ2) is 9.46. The third-order valence-electron chi connectivity index (χ3n) is 5.47. The van der Waals surface area contributed by atoms with Crippen molar-refractivity contribution in [3.63, 3.8) is 0 Å². The molecule has 0 radical (unpaired) electrons. The van der Waals surface area contributed by atoms with Crippen LogP contribution < -0.4 is 26.6 Å². The monoisotopic (exact) mass is 455 g/mol. The maximum atomic E-state index is 15.9. The second-order valence-corrected chi connectivity index (χ2v) is 8.01. The zero-order valence-corrected chi connectivity index (χ0v) is 18.3. The highest BCUT2D eigenvalue weighted by Crippen LogP contribution is 2.36. The van der Waals surface area contributed by atoms with Crippen LogP contribution >= 0.6 is 0 Å². The van der Waals surface area contributed by atoms with Crippen LogP contribution in [0.15, 0.2) is 36.9 Å². The van der Waals surface area contributed by atoms with E-state index in [0.717, 1.165) is 24.1 Å². The number of nitrogens with one attached hydrogen (secondary N) is 1. The summed E-state index contributed by atoms with van der Waals surface area (Å²) in [5, 5.41) is 9.50. The number of primary amides is 1. The molecule has 0 bridgehead atoms. The molecule has 12 heteroatoms. The van der Waals surface area contributed by atoms with Crippen molar-refractivity contribution >= 4 is 17.4 Å². The van der Waals surface area contributed by atoms with E-state index < -0.39 is 11.7 Å². The van der Waals surface area contributed by atoms with E-state index in [0.29, 0.717) is 11.7 Å². The van der Waals surface area contributed by atoms with Crippen molar-refractivity contribution in [1.82, 2.24) is 30.4 Å². The van der Waals surface area contributed by atoms with Gasteiger partial charge in [0.05, 0.1) is 31.3 Å². The SMILES string of the molecule is COc1ncc(N(N[C@H](CC2CC2)[C@H](C)N)c2ccc(C(N)=O)cn2)c(F)c1-n1nccn1. The third kappa shape index (κ3) is 4.91. The fourth-order valence-corrected chi connectivity index (χ4v) is 3.45. The summed E-state index contributed by atoms with van der Waals surface area (Å²) in [6, 6.07) is 2.70. The summed E-state index contributed by atoms with van der Waals surface area (Å²) in [5.74, 6) is -0.373. The van der Waals surface area contributed by atoms with Crippen LogP contribution in [0, 0.1) is 11.7 Å². The van der Waals surface area contributed by atoms with E-state index >= 15 is 4.39 Å². The number of pyridine rings is 2. The fourth-order valence-electron chi connectivity index (χ4n) is 3.45. The zero-order chi connectivity index (χ0) is 23.5. The molecular formula is C21H26FN9O2. The molecule has 1 amide bonds. The first-order valence-electron chi connectivity index (χ1n) is 10.6. The normalized spacial score (nSPS) is 15.2. The van der Waals surface area contributed by atoms with Crippen molar-refractivity contribution in [3.8, 4) is 11.6 Å². The van der Waals surface area contributed by atoms with Gasteiger partial charge < -0.3 is 16.2 Å². The Morgan fingerprint density at radius 1 is 1.30 bits per heavy atom. The number of hydrazine groups is 1. The van der Waals surface area contributed by atoms with Crippen molar-refractivity contribution in [2.45, 2.75) is 38.3 Å². The number of methoxy groups -OCH3 is 1. The Morgan fingerprint density at radius 3 is 2.58 bits per heavy atom. The van der Waals surface area contributed by atoms with Crippen LogP contribution in [0.3, 0.4) is 0 Å². The molecule has 174 valence electrons. The summed E-state index contributed by atoms with van der Waals surface area (Å²) < 4.78 is 21.2. The molecule has 0 aromatic carbocycles. The molecule has 5 N–H and O–H groups in total. The number of carbonyl (C=O) groups excluding carboxylic acids is 1. The van der Waals surface area contributed by atoms with E-state index in [9.17, 15) is 4.79 Å². The highest BCUT2D eigenvalue weighted by molar-refractivity contribution is 5.92. The summed E-state index contributed by atoms with van der Waals surface area (Å²) in [5.41, 5.74) is 15.1. The number of ether oxygens (including phenoxy) is 1. The minimum absolute atomic E-state index is 0.0196. The maximum absolute atomic E-state index is 15.9.